The van der Waals surface area contributed by atoms with Crippen molar-refractivity contribution in [2.75, 3.05) is 0 Å². The van der Waals surface area contributed by atoms with Crippen molar-refractivity contribution >= 4 is 16.0 Å². The molecule has 2 aromatic heterocycles. The van der Waals surface area contributed by atoms with Gasteiger partial charge in [-0.25, -0.2) is 17.9 Å². The van der Waals surface area contributed by atoms with Crippen molar-refractivity contribution in [1.29, 1.82) is 0 Å². The minimum absolute atomic E-state index is 0.0487. The summed E-state index contributed by atoms with van der Waals surface area (Å²) in [5.41, 5.74) is -0.338. The van der Waals surface area contributed by atoms with Gasteiger partial charge in [-0.05, 0) is 32.9 Å². The van der Waals surface area contributed by atoms with Gasteiger partial charge in [0.15, 0.2) is 0 Å². The van der Waals surface area contributed by atoms with Crippen molar-refractivity contribution in [3.63, 3.8) is 0 Å². The molecule has 0 saturated heterocycles. The molecule has 120 valence electrons. The summed E-state index contributed by atoms with van der Waals surface area (Å²) < 4.78 is 37.7. The third-order valence-corrected chi connectivity index (χ3v) is 4.87. The summed E-state index contributed by atoms with van der Waals surface area (Å²) in [6.45, 7) is 4.51. The Bertz CT molecular complexity index is 773. The molecule has 7 nitrogen and oxygen atoms in total. The summed E-state index contributed by atoms with van der Waals surface area (Å²) in [6, 6.07) is 2.98. The number of carboxylic acid groups (broad SMARTS) is 1. The number of carboxylic acids is 1. The number of sulfonamides is 1. The van der Waals surface area contributed by atoms with E-state index in [0.717, 1.165) is 0 Å². The number of aromatic carboxylic acids is 1. The van der Waals surface area contributed by atoms with E-state index in [9.17, 15) is 18.3 Å². The Morgan fingerprint density at radius 1 is 1.36 bits per heavy atom. The number of aryl methyl sites for hydroxylation is 2. The molecule has 2 aromatic rings. The van der Waals surface area contributed by atoms with Gasteiger partial charge in [0.25, 0.3) is 0 Å². The van der Waals surface area contributed by atoms with E-state index in [0.29, 0.717) is 12.2 Å². The topological polar surface area (TPSA) is 110 Å². The fourth-order valence-corrected chi connectivity index (χ4v) is 3.98. The molecule has 2 N–H and O–H groups in total. The zero-order valence-electron chi connectivity index (χ0n) is 12.4. The molecule has 1 unspecified atom stereocenters. The van der Waals surface area contributed by atoms with Gasteiger partial charge in [-0.15, -0.1) is 0 Å². The molecule has 8 heteroatoms. The lowest BCUT2D eigenvalue weighted by Crippen LogP contribution is -2.35. The first-order valence-electron chi connectivity index (χ1n) is 6.60. The van der Waals surface area contributed by atoms with Crippen molar-refractivity contribution in [2.45, 2.75) is 38.1 Å². The molecular formula is C14H17NO6S. The molecule has 1 atom stereocenters. The standard InChI is InChI=1S/C14H17NO6S/c1-8(7-11-5-4-6-20-11)15-22(18,19)13-10(3)21-9(2)12(13)14(16)17/h4-6,8,15H,7H2,1-3H3,(H,16,17). The molecule has 0 fully saturated rings. The van der Waals surface area contributed by atoms with Crippen LogP contribution >= 0.6 is 0 Å². The van der Waals surface area contributed by atoms with Crippen LogP contribution in [0.3, 0.4) is 0 Å². The van der Waals surface area contributed by atoms with Gasteiger partial charge in [0.05, 0.1) is 6.26 Å². The fourth-order valence-electron chi connectivity index (χ4n) is 2.33. The summed E-state index contributed by atoms with van der Waals surface area (Å²) in [7, 11) is -4.01. The van der Waals surface area contributed by atoms with Gasteiger partial charge in [0, 0.05) is 12.5 Å². The van der Waals surface area contributed by atoms with E-state index in [1.807, 2.05) is 0 Å². The Hall–Kier alpha value is -2.06. The van der Waals surface area contributed by atoms with Crippen LogP contribution in [0.15, 0.2) is 32.1 Å². The van der Waals surface area contributed by atoms with E-state index in [2.05, 4.69) is 4.72 Å². The van der Waals surface area contributed by atoms with Gasteiger partial charge in [-0.3, -0.25) is 0 Å². The SMILES string of the molecule is Cc1oc(C)c(S(=O)(=O)NC(C)Cc2ccco2)c1C(=O)O. The van der Waals surface area contributed by atoms with Crippen molar-refractivity contribution in [1.82, 2.24) is 4.72 Å². The highest BCUT2D eigenvalue weighted by molar-refractivity contribution is 7.89. The normalized spacial score (nSPS) is 13.2. The van der Waals surface area contributed by atoms with Crippen LogP contribution in [0.1, 0.15) is 34.6 Å². The van der Waals surface area contributed by atoms with Crippen LogP contribution in [0, 0.1) is 13.8 Å². The maximum Gasteiger partial charge on any atom is 0.340 e. The predicted molar refractivity (Wildman–Crippen MR) is 77.3 cm³/mol. The van der Waals surface area contributed by atoms with Crippen LogP contribution in [0.5, 0.6) is 0 Å². The molecular weight excluding hydrogens is 310 g/mol. The smallest absolute Gasteiger partial charge is 0.340 e. The minimum Gasteiger partial charge on any atom is -0.478 e. The number of hydrogen-bond donors (Lipinski definition) is 2. The molecule has 2 rings (SSSR count). The van der Waals surface area contributed by atoms with Crippen LogP contribution in [0.25, 0.3) is 0 Å². The van der Waals surface area contributed by atoms with Crippen LogP contribution in [0.2, 0.25) is 0 Å². The predicted octanol–water partition coefficient (Wildman–Crippen LogP) is 2.10. The Labute approximate surface area is 128 Å². The van der Waals surface area contributed by atoms with Crippen molar-refractivity contribution < 1.29 is 27.2 Å². The quantitative estimate of drug-likeness (QED) is 0.840. The first-order valence-corrected chi connectivity index (χ1v) is 8.08. The molecule has 0 aliphatic carbocycles. The van der Waals surface area contributed by atoms with E-state index in [1.165, 1.54) is 20.1 Å². The Morgan fingerprint density at radius 2 is 2.05 bits per heavy atom. The van der Waals surface area contributed by atoms with Gasteiger partial charge in [-0.1, -0.05) is 0 Å². The zero-order valence-corrected chi connectivity index (χ0v) is 13.2. The largest absolute Gasteiger partial charge is 0.478 e. The molecule has 0 radical (unpaired) electrons. The van der Waals surface area contributed by atoms with Gasteiger partial charge < -0.3 is 13.9 Å². The van der Waals surface area contributed by atoms with Crippen LogP contribution < -0.4 is 4.72 Å². The lowest BCUT2D eigenvalue weighted by Gasteiger charge is -2.13. The van der Waals surface area contributed by atoms with Gasteiger partial charge >= 0.3 is 5.97 Å². The summed E-state index contributed by atoms with van der Waals surface area (Å²) in [5.74, 6) is -0.598. The van der Waals surface area contributed by atoms with Gasteiger partial charge in [0.2, 0.25) is 10.0 Å². The molecule has 0 bridgehead atoms. The van der Waals surface area contributed by atoms with Gasteiger partial charge in [0.1, 0.15) is 27.7 Å². The van der Waals surface area contributed by atoms with E-state index >= 15 is 0 Å². The average Bonchev–Trinajstić information content (AvgIpc) is 2.95. The zero-order chi connectivity index (χ0) is 16.5. The summed E-state index contributed by atoms with van der Waals surface area (Å²) >= 11 is 0. The summed E-state index contributed by atoms with van der Waals surface area (Å²) in [6.07, 6.45) is 1.85. The second-order valence-corrected chi connectivity index (χ2v) is 6.68. The first-order chi connectivity index (χ1) is 10.2. The molecule has 0 amide bonds. The molecule has 0 saturated carbocycles. The van der Waals surface area contributed by atoms with E-state index in [-0.39, 0.29) is 22.0 Å². The maximum atomic E-state index is 12.5. The van der Waals surface area contributed by atoms with Crippen molar-refractivity contribution in [3.8, 4) is 0 Å². The molecule has 0 aromatic carbocycles. The van der Waals surface area contributed by atoms with E-state index in [1.54, 1.807) is 19.1 Å². The summed E-state index contributed by atoms with van der Waals surface area (Å²) in [5, 5.41) is 9.20. The number of hydrogen-bond acceptors (Lipinski definition) is 5. The highest BCUT2D eigenvalue weighted by Gasteiger charge is 2.31. The lowest BCUT2D eigenvalue weighted by molar-refractivity contribution is 0.0691. The second kappa shape index (κ2) is 5.98. The number of furan rings is 2. The number of carbonyl (C=O) groups is 1. The molecule has 2 heterocycles. The Morgan fingerprint density at radius 3 is 2.59 bits per heavy atom. The third kappa shape index (κ3) is 3.23. The monoisotopic (exact) mass is 327 g/mol. The summed E-state index contributed by atoms with van der Waals surface area (Å²) in [4.78, 5) is 10.9. The van der Waals surface area contributed by atoms with E-state index < -0.39 is 22.0 Å². The molecule has 0 spiro atoms. The van der Waals surface area contributed by atoms with Crippen LogP contribution in [-0.4, -0.2) is 25.5 Å². The van der Waals surface area contributed by atoms with Gasteiger partial charge in [-0.2, -0.15) is 0 Å². The molecule has 22 heavy (non-hydrogen) atoms. The maximum absolute atomic E-state index is 12.5. The number of nitrogens with one attached hydrogen (secondary N) is 1. The van der Waals surface area contributed by atoms with Crippen LogP contribution in [0.4, 0.5) is 0 Å². The van der Waals surface area contributed by atoms with Crippen molar-refractivity contribution in [3.05, 3.63) is 41.2 Å². The van der Waals surface area contributed by atoms with Crippen LogP contribution in [-0.2, 0) is 16.4 Å². The highest BCUT2D eigenvalue weighted by Crippen LogP contribution is 2.26. The molecule has 0 aliphatic heterocycles. The second-order valence-electron chi connectivity index (χ2n) is 5.03. The van der Waals surface area contributed by atoms with Crippen molar-refractivity contribution in [2.24, 2.45) is 0 Å². The first kappa shape index (κ1) is 16.3. The highest BCUT2D eigenvalue weighted by atomic mass is 32.2. The number of rotatable bonds is 6. The fraction of sp³-hybridized carbons (Fsp3) is 0.357. The Balaban J connectivity index is 2.29. The average molecular weight is 327 g/mol. The Kier molecular flexibility index (Phi) is 4.43. The minimum atomic E-state index is -4.01. The third-order valence-electron chi connectivity index (χ3n) is 3.13. The van der Waals surface area contributed by atoms with E-state index in [4.69, 9.17) is 8.83 Å². The lowest BCUT2D eigenvalue weighted by atomic mass is 10.2. The molecule has 0 aliphatic rings.